The SMILES string of the molecule is CCCCN(CCCC)CCCN1C(=O)C(=O)C(=C(O)c2ccc(Cl)cc2)[C@@H]1c1ccc(OC)cc1OC. The van der Waals surface area contributed by atoms with Gasteiger partial charge >= 0.3 is 0 Å². The minimum atomic E-state index is -0.800. The van der Waals surface area contributed by atoms with Crippen LogP contribution in [0, 0.1) is 0 Å². The second-order valence-electron chi connectivity index (χ2n) is 9.51. The molecule has 38 heavy (non-hydrogen) atoms. The van der Waals surface area contributed by atoms with Crippen LogP contribution in [0.2, 0.25) is 5.02 Å². The van der Waals surface area contributed by atoms with Crippen LogP contribution in [0.4, 0.5) is 0 Å². The molecule has 1 aliphatic rings. The van der Waals surface area contributed by atoms with E-state index in [1.165, 1.54) is 7.11 Å². The molecular formula is C30H39ClN2O5. The Hall–Kier alpha value is -3.03. The third-order valence-corrected chi connectivity index (χ3v) is 7.17. The maximum atomic E-state index is 13.4. The van der Waals surface area contributed by atoms with E-state index in [0.717, 1.165) is 45.3 Å². The lowest BCUT2D eigenvalue weighted by molar-refractivity contribution is -0.140. The number of halogens is 1. The Labute approximate surface area is 231 Å². The summed E-state index contributed by atoms with van der Waals surface area (Å²) in [6.45, 7) is 7.59. The highest BCUT2D eigenvalue weighted by Gasteiger charge is 2.46. The molecule has 1 heterocycles. The van der Waals surface area contributed by atoms with Crippen molar-refractivity contribution in [2.75, 3.05) is 40.4 Å². The van der Waals surface area contributed by atoms with Crippen LogP contribution < -0.4 is 9.47 Å². The zero-order valence-corrected chi connectivity index (χ0v) is 23.6. The molecule has 0 unspecified atom stereocenters. The quantitative estimate of drug-likeness (QED) is 0.177. The van der Waals surface area contributed by atoms with E-state index in [0.29, 0.717) is 40.6 Å². The summed E-state index contributed by atoms with van der Waals surface area (Å²) in [5.74, 6) is -0.525. The van der Waals surface area contributed by atoms with Crippen molar-refractivity contribution in [3.8, 4) is 11.5 Å². The van der Waals surface area contributed by atoms with E-state index < -0.39 is 17.7 Å². The van der Waals surface area contributed by atoms with Gasteiger partial charge in [-0.25, -0.2) is 0 Å². The van der Waals surface area contributed by atoms with Crippen LogP contribution in [0.1, 0.15) is 63.1 Å². The smallest absolute Gasteiger partial charge is 0.295 e. The number of ether oxygens (including phenoxy) is 2. The summed E-state index contributed by atoms with van der Waals surface area (Å²) in [5.41, 5.74) is 1.06. The molecule has 1 amide bonds. The first kappa shape index (κ1) is 29.5. The average molecular weight is 543 g/mol. The van der Waals surface area contributed by atoms with Gasteiger partial charge in [0.25, 0.3) is 11.7 Å². The van der Waals surface area contributed by atoms with Crippen molar-refractivity contribution >= 4 is 29.1 Å². The molecule has 0 aliphatic carbocycles. The number of carbonyl (C=O) groups is 2. The number of amides is 1. The molecule has 0 bridgehead atoms. The topological polar surface area (TPSA) is 79.3 Å². The standard InChI is InChI=1S/C30H39ClN2O5/c1-5-7-16-32(17-8-6-2)18-9-19-33-27(24-15-14-23(37-3)20-25(24)38-4)26(29(35)30(33)36)28(34)21-10-12-22(31)13-11-21/h10-15,20,27,34H,5-9,16-19H2,1-4H3/t27-/m0/s1. The largest absolute Gasteiger partial charge is 0.507 e. The number of nitrogens with zero attached hydrogens (tertiary/aromatic N) is 2. The lowest BCUT2D eigenvalue weighted by Gasteiger charge is -2.28. The van der Waals surface area contributed by atoms with Crippen molar-refractivity contribution < 1.29 is 24.2 Å². The van der Waals surface area contributed by atoms with Gasteiger partial charge in [-0.3, -0.25) is 9.59 Å². The number of hydrogen-bond acceptors (Lipinski definition) is 6. The second-order valence-corrected chi connectivity index (χ2v) is 9.95. The lowest BCUT2D eigenvalue weighted by Crippen LogP contribution is -2.34. The molecule has 1 atom stereocenters. The van der Waals surface area contributed by atoms with Gasteiger partial charge in [0.1, 0.15) is 17.3 Å². The van der Waals surface area contributed by atoms with Crippen LogP contribution in [-0.2, 0) is 9.59 Å². The van der Waals surface area contributed by atoms with Gasteiger partial charge in [-0.1, -0.05) is 38.3 Å². The number of methoxy groups -OCH3 is 2. The molecule has 1 saturated heterocycles. The Bertz CT molecular complexity index is 1120. The number of likely N-dealkylation sites (tertiary alicyclic amines) is 1. The molecule has 0 spiro atoms. The van der Waals surface area contributed by atoms with Crippen molar-refractivity contribution in [2.24, 2.45) is 0 Å². The molecule has 0 radical (unpaired) electrons. The molecule has 1 N–H and O–H groups in total. The van der Waals surface area contributed by atoms with Crippen LogP contribution in [0.3, 0.4) is 0 Å². The number of ketones is 1. The summed E-state index contributed by atoms with van der Waals surface area (Å²) in [6, 6.07) is 11.0. The molecule has 2 aromatic rings. The first-order chi connectivity index (χ1) is 18.4. The number of benzene rings is 2. The van der Waals surface area contributed by atoms with Crippen LogP contribution in [0.5, 0.6) is 11.5 Å². The van der Waals surface area contributed by atoms with Crippen LogP contribution in [0.25, 0.3) is 5.76 Å². The fraction of sp³-hybridized carbons (Fsp3) is 0.467. The maximum absolute atomic E-state index is 13.4. The molecule has 1 fully saturated rings. The van der Waals surface area contributed by atoms with Gasteiger partial charge in [0.05, 0.1) is 25.8 Å². The number of hydrogen-bond donors (Lipinski definition) is 1. The van der Waals surface area contributed by atoms with E-state index in [-0.39, 0.29) is 11.3 Å². The predicted octanol–water partition coefficient (Wildman–Crippen LogP) is 6.07. The zero-order chi connectivity index (χ0) is 27.7. The van der Waals surface area contributed by atoms with E-state index in [1.807, 2.05) is 0 Å². The van der Waals surface area contributed by atoms with Gasteiger partial charge in [-0.2, -0.15) is 0 Å². The van der Waals surface area contributed by atoms with E-state index in [4.69, 9.17) is 21.1 Å². The van der Waals surface area contributed by atoms with Gasteiger partial charge in [-0.05, 0) is 75.3 Å². The van der Waals surface area contributed by atoms with Crippen molar-refractivity contribution in [1.82, 2.24) is 9.80 Å². The summed E-state index contributed by atoms with van der Waals surface area (Å²) >= 11 is 6.03. The normalized spacial score (nSPS) is 16.9. The van der Waals surface area contributed by atoms with E-state index in [2.05, 4.69) is 18.7 Å². The van der Waals surface area contributed by atoms with Gasteiger partial charge in [-0.15, -0.1) is 0 Å². The van der Waals surface area contributed by atoms with Gasteiger partial charge in [0, 0.05) is 28.8 Å². The Morgan fingerprint density at radius 1 is 0.947 bits per heavy atom. The Kier molecular flexibility index (Phi) is 11.0. The molecule has 0 aromatic heterocycles. The Morgan fingerprint density at radius 2 is 1.58 bits per heavy atom. The van der Waals surface area contributed by atoms with Gasteiger partial charge in [0.15, 0.2) is 0 Å². The molecule has 2 aromatic carbocycles. The fourth-order valence-corrected chi connectivity index (χ4v) is 4.93. The Balaban J connectivity index is 2.00. The maximum Gasteiger partial charge on any atom is 0.295 e. The van der Waals surface area contributed by atoms with Crippen molar-refractivity contribution in [3.05, 3.63) is 64.2 Å². The monoisotopic (exact) mass is 542 g/mol. The van der Waals surface area contributed by atoms with Crippen molar-refractivity contribution in [3.63, 3.8) is 0 Å². The minimum Gasteiger partial charge on any atom is -0.507 e. The Morgan fingerprint density at radius 3 is 2.16 bits per heavy atom. The minimum absolute atomic E-state index is 0.0367. The number of rotatable bonds is 14. The highest BCUT2D eigenvalue weighted by atomic mass is 35.5. The molecule has 3 rings (SSSR count). The summed E-state index contributed by atoms with van der Waals surface area (Å²) in [4.78, 5) is 30.7. The van der Waals surface area contributed by atoms with E-state index in [1.54, 1.807) is 54.5 Å². The van der Waals surface area contributed by atoms with Gasteiger partial charge in [0.2, 0.25) is 0 Å². The number of aliphatic hydroxyl groups excluding tert-OH is 1. The highest BCUT2D eigenvalue weighted by molar-refractivity contribution is 6.46. The van der Waals surface area contributed by atoms with E-state index in [9.17, 15) is 14.7 Å². The first-order valence-electron chi connectivity index (χ1n) is 13.3. The summed E-state index contributed by atoms with van der Waals surface area (Å²) in [7, 11) is 3.09. The highest BCUT2D eigenvalue weighted by Crippen LogP contribution is 2.43. The summed E-state index contributed by atoms with van der Waals surface area (Å²) in [5, 5.41) is 11.8. The molecule has 8 heteroatoms. The predicted molar refractivity (Wildman–Crippen MR) is 151 cm³/mol. The van der Waals surface area contributed by atoms with Crippen LogP contribution >= 0.6 is 11.6 Å². The van der Waals surface area contributed by atoms with Crippen LogP contribution in [-0.4, -0.2) is 67.0 Å². The third-order valence-electron chi connectivity index (χ3n) is 6.92. The third kappa shape index (κ3) is 6.88. The molecule has 0 saturated carbocycles. The zero-order valence-electron chi connectivity index (χ0n) is 22.8. The van der Waals surface area contributed by atoms with Crippen molar-refractivity contribution in [1.29, 1.82) is 0 Å². The fourth-order valence-electron chi connectivity index (χ4n) is 4.81. The van der Waals surface area contributed by atoms with Crippen LogP contribution in [0.15, 0.2) is 48.0 Å². The first-order valence-corrected chi connectivity index (χ1v) is 13.7. The number of unbranched alkanes of at least 4 members (excludes halogenated alkanes) is 2. The van der Waals surface area contributed by atoms with Gasteiger partial charge < -0.3 is 24.4 Å². The molecular weight excluding hydrogens is 504 g/mol. The molecule has 1 aliphatic heterocycles. The molecule has 206 valence electrons. The average Bonchev–Trinajstić information content (AvgIpc) is 3.18. The van der Waals surface area contributed by atoms with Crippen molar-refractivity contribution in [2.45, 2.75) is 52.0 Å². The van der Waals surface area contributed by atoms with E-state index >= 15 is 0 Å². The number of aliphatic hydroxyl groups is 1. The second kappa shape index (κ2) is 14.2. The number of carbonyl (C=O) groups excluding carboxylic acids is 2. The lowest BCUT2D eigenvalue weighted by atomic mass is 9.94. The summed E-state index contributed by atoms with van der Waals surface area (Å²) < 4.78 is 11.0. The number of Topliss-reactive ketones (excluding diaryl/α,β-unsaturated/α-hetero) is 1. The summed E-state index contributed by atoms with van der Waals surface area (Å²) in [6.07, 6.45) is 5.20. The molecule has 7 nitrogen and oxygen atoms in total.